The lowest BCUT2D eigenvalue weighted by Gasteiger charge is -2.38. The molecule has 3 heterocycles. The average molecular weight is 358 g/mol. The predicted molar refractivity (Wildman–Crippen MR) is 102 cm³/mol. The van der Waals surface area contributed by atoms with Gasteiger partial charge in [-0.2, -0.15) is 0 Å². The number of hydrogen-bond donors (Lipinski definition) is 1. The molecule has 0 bridgehead atoms. The van der Waals surface area contributed by atoms with E-state index in [-0.39, 0.29) is 11.4 Å². The number of anilines is 1. The zero-order valence-electron chi connectivity index (χ0n) is 15.7. The quantitative estimate of drug-likeness (QED) is 0.875. The van der Waals surface area contributed by atoms with Crippen molar-refractivity contribution in [3.05, 3.63) is 18.5 Å². The van der Waals surface area contributed by atoms with Crippen LogP contribution in [0.4, 0.5) is 5.95 Å². The minimum absolute atomic E-state index is 0.215. The normalized spacial score (nSPS) is 26.2. The number of carbonyl (C=O) groups excluding carboxylic acids is 1. The van der Waals surface area contributed by atoms with Gasteiger partial charge in [0.05, 0.1) is 0 Å². The number of likely N-dealkylation sites (tertiary alicyclic amines) is 1. The molecule has 2 saturated heterocycles. The van der Waals surface area contributed by atoms with Crippen molar-refractivity contribution in [2.75, 3.05) is 37.6 Å². The Kier molecular flexibility index (Phi) is 5.38. The van der Waals surface area contributed by atoms with Gasteiger partial charge >= 0.3 is 0 Å². The lowest BCUT2D eigenvalue weighted by atomic mass is 9.93. The van der Waals surface area contributed by atoms with Gasteiger partial charge in [0.1, 0.15) is 5.54 Å². The van der Waals surface area contributed by atoms with Crippen LogP contribution in [0.1, 0.15) is 51.4 Å². The first-order chi connectivity index (χ1) is 12.8. The van der Waals surface area contributed by atoms with Crippen LogP contribution < -0.4 is 10.2 Å². The zero-order valence-corrected chi connectivity index (χ0v) is 15.7. The molecule has 6 nitrogen and oxygen atoms in total. The van der Waals surface area contributed by atoms with Crippen LogP contribution in [0.2, 0.25) is 0 Å². The van der Waals surface area contributed by atoms with E-state index in [9.17, 15) is 4.79 Å². The number of hydrogen-bond acceptors (Lipinski definition) is 5. The first kappa shape index (κ1) is 17.7. The Hall–Kier alpha value is -1.69. The molecule has 1 saturated carbocycles. The summed E-state index contributed by atoms with van der Waals surface area (Å²) in [6.45, 7) is 4.90. The molecule has 1 aromatic rings. The van der Waals surface area contributed by atoms with Crippen LogP contribution >= 0.6 is 0 Å². The van der Waals surface area contributed by atoms with Gasteiger partial charge in [0, 0.05) is 32.0 Å². The van der Waals surface area contributed by atoms with Gasteiger partial charge in [0.15, 0.2) is 0 Å². The lowest BCUT2D eigenvalue weighted by Crippen LogP contribution is -2.57. The number of piperidine rings is 1. The highest BCUT2D eigenvalue weighted by atomic mass is 16.2. The predicted octanol–water partition coefficient (Wildman–Crippen LogP) is 2.22. The summed E-state index contributed by atoms with van der Waals surface area (Å²) in [5.41, 5.74) is -0.215. The standard InChI is InChI=1S/C20H31N5O/c26-18(20(8-1-2-9-20)25-13-3-4-14-25)23-15-17-7-5-12-24(16-17)19-21-10-6-11-22-19/h6,10-11,17H,1-5,7-9,12-16H2,(H,23,26)/t17-/m0/s1. The largest absolute Gasteiger partial charge is 0.354 e. The maximum atomic E-state index is 13.2. The zero-order chi connectivity index (χ0) is 17.8. The number of nitrogens with zero attached hydrogens (tertiary/aromatic N) is 4. The lowest BCUT2D eigenvalue weighted by molar-refractivity contribution is -0.133. The maximum Gasteiger partial charge on any atom is 0.240 e. The van der Waals surface area contributed by atoms with Crippen LogP contribution in [0.25, 0.3) is 0 Å². The fourth-order valence-corrected chi connectivity index (χ4v) is 5.06. The SMILES string of the molecule is O=C(NC[C@@H]1CCCN(c2ncccn2)C1)C1(N2CCCC2)CCCC1. The summed E-state index contributed by atoms with van der Waals surface area (Å²) < 4.78 is 0. The molecule has 6 heteroatoms. The summed E-state index contributed by atoms with van der Waals surface area (Å²) in [6, 6.07) is 1.85. The maximum absolute atomic E-state index is 13.2. The second-order valence-electron chi connectivity index (χ2n) is 8.15. The molecule has 1 aromatic heterocycles. The van der Waals surface area contributed by atoms with Crippen LogP contribution in [-0.2, 0) is 4.79 Å². The molecule has 142 valence electrons. The van der Waals surface area contributed by atoms with E-state index >= 15 is 0 Å². The van der Waals surface area contributed by atoms with Crippen molar-refractivity contribution in [3.63, 3.8) is 0 Å². The van der Waals surface area contributed by atoms with Gasteiger partial charge in [-0.25, -0.2) is 9.97 Å². The van der Waals surface area contributed by atoms with Crippen LogP contribution in [0.15, 0.2) is 18.5 Å². The van der Waals surface area contributed by atoms with Crippen molar-refractivity contribution < 1.29 is 4.79 Å². The van der Waals surface area contributed by atoms with Gasteiger partial charge in [0.2, 0.25) is 11.9 Å². The van der Waals surface area contributed by atoms with E-state index in [1.807, 2.05) is 6.07 Å². The van der Waals surface area contributed by atoms with Crippen molar-refractivity contribution in [2.45, 2.75) is 56.9 Å². The molecule has 4 rings (SSSR count). The Balaban J connectivity index is 1.34. The summed E-state index contributed by atoms with van der Waals surface area (Å²) in [4.78, 5) is 26.6. The molecule has 2 aliphatic heterocycles. The van der Waals surface area contributed by atoms with Crippen molar-refractivity contribution in [3.8, 4) is 0 Å². The Morgan fingerprint density at radius 1 is 1.08 bits per heavy atom. The number of nitrogens with one attached hydrogen (secondary N) is 1. The molecule has 1 amide bonds. The number of aromatic nitrogens is 2. The molecule has 26 heavy (non-hydrogen) atoms. The highest BCUT2D eigenvalue weighted by Crippen LogP contribution is 2.37. The molecule has 3 fully saturated rings. The second kappa shape index (κ2) is 7.91. The molecular formula is C20H31N5O. The van der Waals surface area contributed by atoms with Crippen LogP contribution in [-0.4, -0.2) is 59.0 Å². The van der Waals surface area contributed by atoms with Gasteiger partial charge in [-0.15, -0.1) is 0 Å². The summed E-state index contributed by atoms with van der Waals surface area (Å²) in [5, 5.41) is 3.34. The molecule has 1 aliphatic carbocycles. The third kappa shape index (κ3) is 3.56. The Labute approximate surface area is 156 Å². The fourth-order valence-electron chi connectivity index (χ4n) is 5.06. The Bertz CT molecular complexity index is 595. The van der Waals surface area contributed by atoms with E-state index in [2.05, 4.69) is 25.1 Å². The molecule has 0 spiro atoms. The minimum Gasteiger partial charge on any atom is -0.354 e. The summed E-state index contributed by atoms with van der Waals surface area (Å²) >= 11 is 0. The molecule has 1 atom stereocenters. The Morgan fingerprint density at radius 2 is 1.81 bits per heavy atom. The first-order valence-corrected chi connectivity index (χ1v) is 10.3. The van der Waals surface area contributed by atoms with E-state index < -0.39 is 0 Å². The molecular weight excluding hydrogens is 326 g/mol. The van der Waals surface area contributed by atoms with Gasteiger partial charge in [-0.05, 0) is 63.6 Å². The van der Waals surface area contributed by atoms with E-state index in [0.29, 0.717) is 5.92 Å². The second-order valence-corrected chi connectivity index (χ2v) is 8.15. The molecule has 0 aromatic carbocycles. The van der Waals surface area contributed by atoms with Gasteiger partial charge in [0.25, 0.3) is 0 Å². The van der Waals surface area contributed by atoms with E-state index in [0.717, 1.165) is 57.9 Å². The Morgan fingerprint density at radius 3 is 2.54 bits per heavy atom. The van der Waals surface area contributed by atoms with Crippen LogP contribution in [0, 0.1) is 5.92 Å². The monoisotopic (exact) mass is 357 g/mol. The van der Waals surface area contributed by atoms with Crippen molar-refractivity contribution >= 4 is 11.9 Å². The topological polar surface area (TPSA) is 61.4 Å². The van der Waals surface area contributed by atoms with E-state index in [1.54, 1.807) is 12.4 Å². The smallest absolute Gasteiger partial charge is 0.240 e. The van der Waals surface area contributed by atoms with E-state index in [1.165, 1.54) is 32.1 Å². The van der Waals surface area contributed by atoms with Gasteiger partial charge in [-0.3, -0.25) is 9.69 Å². The van der Waals surface area contributed by atoms with Gasteiger partial charge < -0.3 is 10.2 Å². The fraction of sp³-hybridized carbons (Fsp3) is 0.750. The summed E-state index contributed by atoms with van der Waals surface area (Å²) in [5.74, 6) is 1.58. The number of rotatable bonds is 5. The van der Waals surface area contributed by atoms with Crippen LogP contribution in [0.3, 0.4) is 0 Å². The number of amides is 1. The highest BCUT2D eigenvalue weighted by Gasteiger charge is 2.46. The summed E-state index contributed by atoms with van der Waals surface area (Å²) in [7, 11) is 0. The van der Waals surface area contributed by atoms with Crippen molar-refractivity contribution in [1.82, 2.24) is 20.2 Å². The third-order valence-corrected chi connectivity index (χ3v) is 6.47. The minimum atomic E-state index is -0.215. The third-order valence-electron chi connectivity index (χ3n) is 6.47. The van der Waals surface area contributed by atoms with Crippen molar-refractivity contribution in [1.29, 1.82) is 0 Å². The average Bonchev–Trinajstić information content (AvgIpc) is 3.39. The highest BCUT2D eigenvalue weighted by molar-refractivity contribution is 5.86. The number of carbonyl (C=O) groups is 1. The van der Waals surface area contributed by atoms with Crippen LogP contribution in [0.5, 0.6) is 0 Å². The van der Waals surface area contributed by atoms with E-state index in [4.69, 9.17) is 0 Å². The summed E-state index contributed by atoms with van der Waals surface area (Å²) in [6.07, 6.45) is 12.8. The molecule has 1 N–H and O–H groups in total. The van der Waals surface area contributed by atoms with Gasteiger partial charge in [-0.1, -0.05) is 12.8 Å². The van der Waals surface area contributed by atoms with Crippen molar-refractivity contribution in [2.24, 2.45) is 5.92 Å². The molecule has 0 radical (unpaired) electrons. The molecule has 0 unspecified atom stereocenters. The molecule has 3 aliphatic rings. The first-order valence-electron chi connectivity index (χ1n) is 10.3.